The van der Waals surface area contributed by atoms with Gasteiger partial charge in [0.05, 0.1) is 5.56 Å². The van der Waals surface area contributed by atoms with Gasteiger partial charge >= 0.3 is 0 Å². The predicted molar refractivity (Wildman–Crippen MR) is 70.5 cm³/mol. The van der Waals surface area contributed by atoms with Crippen LogP contribution in [0.3, 0.4) is 0 Å². The quantitative estimate of drug-likeness (QED) is 0.792. The number of amides is 1. The molecule has 0 saturated heterocycles. The average molecular weight is 250 g/mol. The molecule has 3 nitrogen and oxygen atoms in total. The summed E-state index contributed by atoms with van der Waals surface area (Å²) in [6.07, 6.45) is 6.50. The highest BCUT2D eigenvalue weighted by Crippen LogP contribution is 2.23. The lowest BCUT2D eigenvalue weighted by atomic mass is 9.86. The molecule has 2 rings (SSSR count). The van der Waals surface area contributed by atoms with Crippen molar-refractivity contribution in [3.63, 3.8) is 0 Å². The summed E-state index contributed by atoms with van der Waals surface area (Å²) < 4.78 is 0.508. The van der Waals surface area contributed by atoms with E-state index in [1.807, 2.05) is 0 Å². The van der Waals surface area contributed by atoms with Gasteiger partial charge in [0.25, 0.3) is 5.91 Å². The van der Waals surface area contributed by atoms with Crippen LogP contribution in [0.25, 0.3) is 0 Å². The molecule has 0 aliphatic heterocycles. The lowest BCUT2D eigenvalue weighted by Crippen LogP contribution is -2.41. The molecule has 1 aliphatic rings. The summed E-state index contributed by atoms with van der Waals surface area (Å²) in [6, 6.07) is 3.86. The monoisotopic (exact) mass is 250 g/mol. The zero-order chi connectivity index (χ0) is 12.3. The van der Waals surface area contributed by atoms with Crippen molar-refractivity contribution in [2.45, 2.75) is 38.6 Å². The van der Waals surface area contributed by atoms with E-state index in [1.165, 1.54) is 19.3 Å². The van der Waals surface area contributed by atoms with Gasteiger partial charge in [-0.15, -0.1) is 0 Å². The highest BCUT2D eigenvalue weighted by atomic mass is 32.1. The van der Waals surface area contributed by atoms with Crippen LogP contribution in [0.5, 0.6) is 0 Å². The van der Waals surface area contributed by atoms with Crippen LogP contribution in [0.1, 0.15) is 43.0 Å². The Hall–Kier alpha value is -1.16. The number of rotatable bonds is 2. The molecule has 1 saturated carbocycles. The maximum absolute atomic E-state index is 12.1. The second-order valence-corrected chi connectivity index (χ2v) is 5.16. The number of aromatic nitrogens is 1. The van der Waals surface area contributed by atoms with Gasteiger partial charge in [0.15, 0.2) is 0 Å². The Morgan fingerprint density at radius 3 is 2.94 bits per heavy atom. The zero-order valence-corrected chi connectivity index (χ0v) is 10.8. The number of hydrogen-bond acceptors (Lipinski definition) is 2. The fourth-order valence-electron chi connectivity index (χ4n) is 2.38. The molecule has 0 aromatic carbocycles. The summed E-state index contributed by atoms with van der Waals surface area (Å²) in [5, 5.41) is 3.10. The van der Waals surface area contributed by atoms with Crippen molar-refractivity contribution in [3.05, 3.63) is 28.5 Å². The predicted octanol–water partition coefficient (Wildman–Crippen LogP) is 3.05. The maximum atomic E-state index is 12.1. The van der Waals surface area contributed by atoms with Gasteiger partial charge in [-0.1, -0.05) is 32.0 Å². The van der Waals surface area contributed by atoms with Crippen molar-refractivity contribution in [1.82, 2.24) is 10.3 Å². The van der Waals surface area contributed by atoms with Crippen LogP contribution in [0.4, 0.5) is 0 Å². The van der Waals surface area contributed by atoms with Gasteiger partial charge in [-0.25, -0.2) is 0 Å². The largest absolute Gasteiger partial charge is 0.352 e. The van der Waals surface area contributed by atoms with Gasteiger partial charge < -0.3 is 10.3 Å². The van der Waals surface area contributed by atoms with E-state index in [4.69, 9.17) is 12.2 Å². The third-order valence-corrected chi connectivity index (χ3v) is 3.83. The SMILES string of the molecule is C[C@H]1CCCC[C@H]1NC(=O)c1ccc[nH]c1=S. The van der Waals surface area contributed by atoms with Crippen LogP contribution in [0.2, 0.25) is 0 Å². The summed E-state index contributed by atoms with van der Waals surface area (Å²) in [4.78, 5) is 15.0. The molecule has 0 radical (unpaired) electrons. The topological polar surface area (TPSA) is 44.9 Å². The normalized spacial score (nSPS) is 24.3. The molecule has 92 valence electrons. The molecule has 1 aromatic heterocycles. The molecule has 1 aliphatic carbocycles. The average Bonchev–Trinajstić information content (AvgIpc) is 2.32. The van der Waals surface area contributed by atoms with Crippen molar-refractivity contribution in [1.29, 1.82) is 0 Å². The first-order valence-electron chi connectivity index (χ1n) is 6.17. The number of pyridine rings is 1. The summed E-state index contributed by atoms with van der Waals surface area (Å²) in [7, 11) is 0. The third-order valence-electron chi connectivity index (χ3n) is 3.49. The molecule has 0 spiro atoms. The number of aromatic amines is 1. The Balaban J connectivity index is 2.06. The minimum absolute atomic E-state index is 0.0504. The molecular formula is C13H18N2OS. The molecule has 17 heavy (non-hydrogen) atoms. The summed E-state index contributed by atoms with van der Waals surface area (Å²) in [6.45, 7) is 2.20. The van der Waals surface area contributed by atoms with E-state index in [0.717, 1.165) is 6.42 Å². The van der Waals surface area contributed by atoms with E-state index in [2.05, 4.69) is 17.2 Å². The third kappa shape index (κ3) is 2.94. The van der Waals surface area contributed by atoms with E-state index in [-0.39, 0.29) is 5.91 Å². The highest BCUT2D eigenvalue weighted by Gasteiger charge is 2.23. The van der Waals surface area contributed by atoms with E-state index >= 15 is 0 Å². The summed E-state index contributed by atoms with van der Waals surface area (Å²) >= 11 is 5.11. The Morgan fingerprint density at radius 2 is 2.24 bits per heavy atom. The number of carbonyl (C=O) groups excluding carboxylic acids is 1. The van der Waals surface area contributed by atoms with E-state index in [9.17, 15) is 4.79 Å². The molecule has 1 aromatic rings. The van der Waals surface area contributed by atoms with Gasteiger partial charge in [-0.3, -0.25) is 4.79 Å². The molecular weight excluding hydrogens is 232 g/mol. The van der Waals surface area contributed by atoms with Gasteiger partial charge in [0.1, 0.15) is 4.64 Å². The van der Waals surface area contributed by atoms with Crippen LogP contribution < -0.4 is 5.32 Å². The van der Waals surface area contributed by atoms with E-state index < -0.39 is 0 Å². The van der Waals surface area contributed by atoms with E-state index in [0.29, 0.717) is 22.2 Å². The van der Waals surface area contributed by atoms with Crippen molar-refractivity contribution in [2.75, 3.05) is 0 Å². The Labute approximate surface area is 107 Å². The minimum atomic E-state index is -0.0504. The second-order valence-electron chi connectivity index (χ2n) is 4.75. The van der Waals surface area contributed by atoms with E-state index in [1.54, 1.807) is 18.3 Å². The van der Waals surface area contributed by atoms with Crippen LogP contribution in [0, 0.1) is 10.6 Å². The Morgan fingerprint density at radius 1 is 1.47 bits per heavy atom. The lowest BCUT2D eigenvalue weighted by Gasteiger charge is -2.29. The standard InChI is InChI=1S/C13H18N2OS/c1-9-5-2-3-7-11(9)15-12(16)10-6-4-8-14-13(10)17/h4,6,8-9,11H,2-3,5,7H2,1H3,(H,14,17)(H,15,16)/t9-,11+/m0/s1. The van der Waals surface area contributed by atoms with Crippen LogP contribution in [-0.4, -0.2) is 16.9 Å². The number of hydrogen-bond donors (Lipinski definition) is 2. The number of H-pyrrole nitrogens is 1. The van der Waals surface area contributed by atoms with Gasteiger partial charge in [0.2, 0.25) is 0 Å². The lowest BCUT2D eigenvalue weighted by molar-refractivity contribution is 0.0909. The molecule has 1 heterocycles. The van der Waals surface area contributed by atoms with Crippen molar-refractivity contribution < 1.29 is 4.79 Å². The van der Waals surface area contributed by atoms with Crippen molar-refractivity contribution in [2.24, 2.45) is 5.92 Å². The fraction of sp³-hybridized carbons (Fsp3) is 0.538. The smallest absolute Gasteiger partial charge is 0.254 e. The molecule has 0 bridgehead atoms. The fourth-order valence-corrected chi connectivity index (χ4v) is 2.61. The Kier molecular flexibility index (Phi) is 3.94. The maximum Gasteiger partial charge on any atom is 0.254 e. The van der Waals surface area contributed by atoms with Gasteiger partial charge in [-0.05, 0) is 30.9 Å². The first-order valence-corrected chi connectivity index (χ1v) is 6.58. The van der Waals surface area contributed by atoms with Crippen LogP contribution in [-0.2, 0) is 0 Å². The molecule has 1 fully saturated rings. The minimum Gasteiger partial charge on any atom is -0.352 e. The van der Waals surface area contributed by atoms with Crippen molar-refractivity contribution >= 4 is 18.1 Å². The first kappa shape index (κ1) is 12.3. The first-order chi connectivity index (χ1) is 8.18. The van der Waals surface area contributed by atoms with Crippen LogP contribution in [0.15, 0.2) is 18.3 Å². The van der Waals surface area contributed by atoms with Gasteiger partial charge in [-0.2, -0.15) is 0 Å². The van der Waals surface area contributed by atoms with Gasteiger partial charge in [0, 0.05) is 12.2 Å². The summed E-state index contributed by atoms with van der Waals surface area (Å²) in [5.74, 6) is 0.513. The molecule has 1 amide bonds. The van der Waals surface area contributed by atoms with Crippen LogP contribution >= 0.6 is 12.2 Å². The summed E-state index contributed by atoms with van der Waals surface area (Å²) in [5.41, 5.74) is 0.570. The second kappa shape index (κ2) is 5.45. The van der Waals surface area contributed by atoms with Crippen molar-refractivity contribution in [3.8, 4) is 0 Å². The molecule has 4 heteroatoms. The zero-order valence-electron chi connectivity index (χ0n) is 10.0. The molecule has 2 atom stereocenters. The number of carbonyl (C=O) groups is 1. The Bertz CT molecular complexity index is 455. The highest BCUT2D eigenvalue weighted by molar-refractivity contribution is 7.71. The molecule has 2 N–H and O–H groups in total. The number of nitrogens with one attached hydrogen (secondary N) is 2. The molecule has 0 unspecified atom stereocenters.